The Morgan fingerprint density at radius 3 is 2.75 bits per heavy atom. The van der Waals surface area contributed by atoms with Crippen LogP contribution in [0.15, 0.2) is 23.1 Å². The van der Waals surface area contributed by atoms with Gasteiger partial charge in [-0.1, -0.05) is 6.42 Å². The summed E-state index contributed by atoms with van der Waals surface area (Å²) in [5, 5.41) is 5.50. The van der Waals surface area contributed by atoms with Gasteiger partial charge in [0.1, 0.15) is 5.82 Å². The third kappa shape index (κ3) is 3.55. The summed E-state index contributed by atoms with van der Waals surface area (Å²) in [6.07, 6.45) is 3.69. The quantitative estimate of drug-likeness (QED) is 0.825. The van der Waals surface area contributed by atoms with E-state index >= 15 is 0 Å². The van der Waals surface area contributed by atoms with Gasteiger partial charge in [-0.2, -0.15) is 0 Å². The van der Waals surface area contributed by atoms with Gasteiger partial charge in [0, 0.05) is 6.26 Å². The van der Waals surface area contributed by atoms with Crippen molar-refractivity contribution in [3.8, 4) is 0 Å². The minimum absolute atomic E-state index is 0.0224. The molecular weight excluding hydrogens is 283 g/mol. The highest BCUT2D eigenvalue weighted by Gasteiger charge is 2.22. The molecule has 5 nitrogen and oxygen atoms in total. The predicted octanol–water partition coefficient (Wildman–Crippen LogP) is 1.31. The third-order valence-corrected chi connectivity index (χ3v) is 4.36. The second kappa shape index (κ2) is 5.88. The van der Waals surface area contributed by atoms with Crippen LogP contribution in [0, 0.1) is 5.82 Å². The summed E-state index contributed by atoms with van der Waals surface area (Å²) in [7, 11) is -3.44. The summed E-state index contributed by atoms with van der Waals surface area (Å²) >= 11 is 0. The van der Waals surface area contributed by atoms with Crippen LogP contribution < -0.4 is 10.6 Å². The second-order valence-corrected chi connectivity index (χ2v) is 6.92. The average Bonchev–Trinajstić information content (AvgIpc) is 2.41. The Kier molecular flexibility index (Phi) is 4.39. The maximum Gasteiger partial charge on any atom is 0.241 e. The molecule has 7 heteroatoms. The molecule has 0 saturated carbocycles. The van der Waals surface area contributed by atoms with Gasteiger partial charge in [0.15, 0.2) is 9.84 Å². The Balaban J connectivity index is 2.18. The first-order valence-corrected chi connectivity index (χ1v) is 8.31. The summed E-state index contributed by atoms with van der Waals surface area (Å²) in [6, 6.07) is 3.01. The van der Waals surface area contributed by atoms with Crippen LogP contribution in [0.4, 0.5) is 10.1 Å². The molecule has 1 aliphatic rings. The van der Waals surface area contributed by atoms with E-state index in [-0.39, 0.29) is 22.5 Å². The number of carbonyl (C=O) groups is 1. The average molecular weight is 300 g/mol. The van der Waals surface area contributed by atoms with Crippen molar-refractivity contribution in [1.82, 2.24) is 5.32 Å². The Bertz CT molecular complexity index is 610. The number of rotatable bonds is 3. The predicted molar refractivity (Wildman–Crippen MR) is 73.8 cm³/mol. The maximum atomic E-state index is 13.7. The molecule has 0 unspecified atom stereocenters. The zero-order valence-corrected chi connectivity index (χ0v) is 12.0. The lowest BCUT2D eigenvalue weighted by Gasteiger charge is -2.22. The number of benzene rings is 1. The van der Waals surface area contributed by atoms with Crippen LogP contribution >= 0.6 is 0 Å². The smallest absolute Gasteiger partial charge is 0.241 e. The first-order valence-electron chi connectivity index (χ1n) is 6.42. The van der Waals surface area contributed by atoms with Crippen LogP contribution in [0.3, 0.4) is 0 Å². The SMILES string of the molecule is CS(=O)(=O)c1ccc(F)c(NC(=O)[C@@H]2CCCCN2)c1. The highest BCUT2D eigenvalue weighted by molar-refractivity contribution is 7.90. The lowest BCUT2D eigenvalue weighted by Crippen LogP contribution is -2.43. The van der Waals surface area contributed by atoms with Gasteiger partial charge in [0.2, 0.25) is 5.91 Å². The van der Waals surface area contributed by atoms with Crippen LogP contribution in [0.1, 0.15) is 19.3 Å². The fourth-order valence-electron chi connectivity index (χ4n) is 2.13. The third-order valence-electron chi connectivity index (χ3n) is 3.25. The molecule has 0 aromatic heterocycles. The molecule has 110 valence electrons. The van der Waals surface area contributed by atoms with Crippen molar-refractivity contribution in [1.29, 1.82) is 0 Å². The van der Waals surface area contributed by atoms with Crippen molar-refractivity contribution in [3.63, 3.8) is 0 Å². The monoisotopic (exact) mass is 300 g/mol. The molecule has 1 saturated heterocycles. The van der Waals surface area contributed by atoms with Crippen LogP contribution in [0.5, 0.6) is 0 Å². The minimum atomic E-state index is -3.44. The molecule has 1 amide bonds. The number of sulfone groups is 1. The van der Waals surface area contributed by atoms with E-state index in [4.69, 9.17) is 0 Å². The largest absolute Gasteiger partial charge is 0.322 e. The summed E-state index contributed by atoms with van der Waals surface area (Å²) in [6.45, 7) is 0.754. The summed E-state index contributed by atoms with van der Waals surface area (Å²) in [4.78, 5) is 12.0. The molecule has 1 atom stereocenters. The minimum Gasteiger partial charge on any atom is -0.322 e. The standard InChI is InChI=1S/C13H17FN2O3S/c1-20(18,19)9-5-6-10(14)12(8-9)16-13(17)11-4-2-3-7-15-11/h5-6,8,11,15H,2-4,7H2,1H3,(H,16,17)/t11-/m0/s1. The zero-order chi connectivity index (χ0) is 14.8. The van der Waals surface area contributed by atoms with E-state index in [1.54, 1.807) is 0 Å². The summed E-state index contributed by atoms with van der Waals surface area (Å²) in [5.74, 6) is -0.990. The number of piperidine rings is 1. The lowest BCUT2D eigenvalue weighted by atomic mass is 10.0. The number of halogens is 1. The molecule has 1 fully saturated rings. The van der Waals surface area contributed by atoms with E-state index in [1.165, 1.54) is 6.07 Å². The first-order chi connectivity index (χ1) is 9.38. The Morgan fingerprint density at radius 2 is 2.15 bits per heavy atom. The first kappa shape index (κ1) is 14.9. The number of carbonyl (C=O) groups excluding carboxylic acids is 1. The number of hydrogen-bond acceptors (Lipinski definition) is 4. The Hall–Kier alpha value is -1.47. The van der Waals surface area contributed by atoms with E-state index in [9.17, 15) is 17.6 Å². The van der Waals surface area contributed by atoms with Crippen LogP contribution in [0.2, 0.25) is 0 Å². The van der Waals surface area contributed by atoms with E-state index in [0.717, 1.165) is 37.8 Å². The molecule has 2 N–H and O–H groups in total. The number of amides is 1. The van der Waals surface area contributed by atoms with E-state index in [0.29, 0.717) is 6.42 Å². The molecule has 1 aliphatic heterocycles. The van der Waals surface area contributed by atoms with Crippen molar-refractivity contribution < 1.29 is 17.6 Å². The van der Waals surface area contributed by atoms with Gasteiger partial charge in [-0.15, -0.1) is 0 Å². The lowest BCUT2D eigenvalue weighted by molar-refractivity contribution is -0.118. The van der Waals surface area contributed by atoms with Gasteiger partial charge in [0.05, 0.1) is 16.6 Å². The Labute approximate surface area is 117 Å². The van der Waals surface area contributed by atoms with Crippen molar-refractivity contribution in [2.75, 3.05) is 18.1 Å². The molecule has 1 aromatic rings. The van der Waals surface area contributed by atoms with Gasteiger partial charge < -0.3 is 10.6 Å². The molecule has 0 aliphatic carbocycles. The van der Waals surface area contributed by atoms with Crippen molar-refractivity contribution in [3.05, 3.63) is 24.0 Å². The van der Waals surface area contributed by atoms with Crippen LogP contribution in [-0.4, -0.2) is 33.2 Å². The maximum absolute atomic E-state index is 13.7. The highest BCUT2D eigenvalue weighted by atomic mass is 32.2. The highest BCUT2D eigenvalue weighted by Crippen LogP contribution is 2.20. The number of nitrogens with one attached hydrogen (secondary N) is 2. The number of anilines is 1. The van der Waals surface area contributed by atoms with Crippen molar-refractivity contribution in [2.24, 2.45) is 0 Å². The van der Waals surface area contributed by atoms with Gasteiger partial charge in [0.25, 0.3) is 0 Å². The molecule has 20 heavy (non-hydrogen) atoms. The fourth-order valence-corrected chi connectivity index (χ4v) is 2.77. The topological polar surface area (TPSA) is 75.3 Å². The molecule has 1 aromatic carbocycles. The zero-order valence-electron chi connectivity index (χ0n) is 11.1. The Morgan fingerprint density at radius 1 is 1.40 bits per heavy atom. The van der Waals surface area contributed by atoms with Crippen molar-refractivity contribution in [2.45, 2.75) is 30.2 Å². The second-order valence-electron chi connectivity index (χ2n) is 4.91. The van der Waals surface area contributed by atoms with E-state index in [1.807, 2.05) is 0 Å². The van der Waals surface area contributed by atoms with Crippen molar-refractivity contribution >= 4 is 21.4 Å². The summed E-state index contributed by atoms with van der Waals surface area (Å²) < 4.78 is 36.5. The molecular formula is C13H17FN2O3S. The van der Waals surface area contributed by atoms with E-state index < -0.39 is 15.7 Å². The molecule has 1 heterocycles. The molecule has 0 bridgehead atoms. The van der Waals surface area contributed by atoms with Crippen LogP contribution in [-0.2, 0) is 14.6 Å². The van der Waals surface area contributed by atoms with E-state index in [2.05, 4.69) is 10.6 Å². The van der Waals surface area contributed by atoms with Gasteiger partial charge in [-0.3, -0.25) is 4.79 Å². The van der Waals surface area contributed by atoms with Gasteiger partial charge in [-0.05, 0) is 37.6 Å². The normalized spacial score (nSPS) is 19.6. The van der Waals surface area contributed by atoms with Gasteiger partial charge >= 0.3 is 0 Å². The molecule has 0 radical (unpaired) electrons. The molecule has 2 rings (SSSR count). The van der Waals surface area contributed by atoms with Crippen LogP contribution in [0.25, 0.3) is 0 Å². The number of hydrogen-bond donors (Lipinski definition) is 2. The molecule has 0 spiro atoms. The fraction of sp³-hybridized carbons (Fsp3) is 0.462. The van der Waals surface area contributed by atoms with Gasteiger partial charge in [-0.25, -0.2) is 12.8 Å². The summed E-state index contributed by atoms with van der Waals surface area (Å²) in [5.41, 5.74) is -0.106.